The molecule has 3 aromatic rings. The molecule has 1 aliphatic carbocycles. The van der Waals surface area contributed by atoms with Gasteiger partial charge in [0.25, 0.3) is 0 Å². The highest BCUT2D eigenvalue weighted by Gasteiger charge is 2.23. The molecule has 0 aromatic heterocycles. The summed E-state index contributed by atoms with van der Waals surface area (Å²) in [5.41, 5.74) is 1.72. The lowest BCUT2D eigenvalue weighted by atomic mass is 9.95. The normalized spacial score (nSPS) is 11.4. The van der Waals surface area contributed by atoms with E-state index in [2.05, 4.69) is 35.5 Å². The molecule has 3 aromatic carbocycles. The van der Waals surface area contributed by atoms with E-state index >= 15 is 0 Å². The fourth-order valence-electron chi connectivity index (χ4n) is 4.28. The Morgan fingerprint density at radius 1 is 0.465 bits per heavy atom. The van der Waals surface area contributed by atoms with Gasteiger partial charge in [0.15, 0.2) is 11.5 Å². The highest BCUT2D eigenvalue weighted by Crippen LogP contribution is 2.34. The lowest BCUT2D eigenvalue weighted by Gasteiger charge is -2.10. The SMILES string of the molecule is COC(=O)c1cc2c(cc1C(=O)OC)C#Cc1cc(C(=O)OC)c(C(=O)OC)cc1C#Cc1cc3c(cc1C#C2)OCO3. The number of carbonyl (C=O) groups is 4. The average Bonchev–Trinajstić information content (AvgIpc) is 3.50. The van der Waals surface area contributed by atoms with Crippen LogP contribution in [0.5, 0.6) is 11.5 Å². The monoisotopic (exact) mass is 576 g/mol. The van der Waals surface area contributed by atoms with Crippen molar-refractivity contribution >= 4 is 23.9 Å². The molecule has 2 aliphatic rings. The van der Waals surface area contributed by atoms with Crippen molar-refractivity contribution in [3.8, 4) is 47.0 Å². The second-order valence-corrected chi connectivity index (χ2v) is 8.85. The molecule has 0 N–H and O–H groups in total. The first-order chi connectivity index (χ1) is 20.8. The van der Waals surface area contributed by atoms with Gasteiger partial charge in [-0.05, 0) is 24.3 Å². The number of rotatable bonds is 4. The zero-order valence-corrected chi connectivity index (χ0v) is 23.3. The molecule has 0 fully saturated rings. The molecule has 10 nitrogen and oxygen atoms in total. The average molecular weight is 577 g/mol. The van der Waals surface area contributed by atoms with E-state index in [0.29, 0.717) is 33.8 Å². The molecule has 212 valence electrons. The van der Waals surface area contributed by atoms with E-state index < -0.39 is 23.9 Å². The van der Waals surface area contributed by atoms with E-state index in [-0.39, 0.29) is 40.2 Å². The molecule has 5 rings (SSSR count). The van der Waals surface area contributed by atoms with Gasteiger partial charge in [0, 0.05) is 45.5 Å². The first kappa shape index (κ1) is 28.4. The first-order valence-corrected chi connectivity index (χ1v) is 12.5. The Bertz CT molecular complexity index is 1800. The molecule has 0 radical (unpaired) electrons. The zero-order chi connectivity index (χ0) is 30.7. The third-order valence-corrected chi connectivity index (χ3v) is 6.44. The van der Waals surface area contributed by atoms with Gasteiger partial charge in [-0.25, -0.2) is 19.2 Å². The van der Waals surface area contributed by atoms with E-state index in [1.807, 2.05) is 0 Å². The topological polar surface area (TPSA) is 124 Å². The van der Waals surface area contributed by atoms with Crippen LogP contribution in [-0.4, -0.2) is 59.1 Å². The predicted octanol–water partition coefficient (Wildman–Crippen LogP) is 3.07. The van der Waals surface area contributed by atoms with Crippen LogP contribution in [0.3, 0.4) is 0 Å². The number of ether oxygens (including phenoxy) is 6. The molecule has 10 heteroatoms. The summed E-state index contributed by atoms with van der Waals surface area (Å²) in [6.45, 7) is 0.0240. The third kappa shape index (κ3) is 5.44. The maximum Gasteiger partial charge on any atom is 0.338 e. The van der Waals surface area contributed by atoms with Crippen molar-refractivity contribution in [3.63, 3.8) is 0 Å². The van der Waals surface area contributed by atoms with Crippen LogP contribution in [0.1, 0.15) is 74.8 Å². The standard InChI is InChI=1S/C33H20O10/c1-38-30(34)24-11-18-5-6-19-12-25(31(35)39-2)27(33(37)41-4)14-21(19)8-10-23-16-29-28(42-17-43-29)15-22(23)9-7-20(18)13-26(24)32(36)40-3/h11-16H,17H2,1-4H3. The molecule has 0 amide bonds. The summed E-state index contributed by atoms with van der Waals surface area (Å²) < 4.78 is 30.5. The highest BCUT2D eigenvalue weighted by atomic mass is 16.7. The van der Waals surface area contributed by atoms with Crippen LogP contribution >= 0.6 is 0 Å². The summed E-state index contributed by atoms with van der Waals surface area (Å²) in [7, 11) is 4.73. The predicted molar refractivity (Wildman–Crippen MR) is 149 cm³/mol. The third-order valence-electron chi connectivity index (χ3n) is 6.44. The molecular weight excluding hydrogens is 556 g/mol. The number of fused-ring (bicyclic) bond motifs is 4. The molecule has 43 heavy (non-hydrogen) atoms. The van der Waals surface area contributed by atoms with Gasteiger partial charge in [-0.1, -0.05) is 35.5 Å². The zero-order valence-electron chi connectivity index (χ0n) is 23.3. The van der Waals surface area contributed by atoms with E-state index in [1.54, 1.807) is 12.1 Å². The van der Waals surface area contributed by atoms with Crippen molar-refractivity contribution < 1.29 is 47.6 Å². The van der Waals surface area contributed by atoms with Gasteiger partial charge in [0.2, 0.25) is 6.79 Å². The van der Waals surface area contributed by atoms with E-state index in [0.717, 1.165) is 0 Å². The van der Waals surface area contributed by atoms with Crippen LogP contribution in [0, 0.1) is 35.5 Å². The van der Waals surface area contributed by atoms with Gasteiger partial charge in [-0.15, -0.1) is 0 Å². The summed E-state index contributed by atoms with van der Waals surface area (Å²) in [4.78, 5) is 50.4. The maximum atomic E-state index is 12.6. The van der Waals surface area contributed by atoms with Crippen LogP contribution in [0.25, 0.3) is 0 Å². The second kappa shape index (κ2) is 11.7. The quantitative estimate of drug-likeness (QED) is 0.203. The lowest BCUT2D eigenvalue weighted by Crippen LogP contribution is -2.13. The molecular formula is C33H20O10. The van der Waals surface area contributed by atoms with Gasteiger partial charge in [0.1, 0.15) is 0 Å². The van der Waals surface area contributed by atoms with E-state index in [9.17, 15) is 19.2 Å². The number of methoxy groups -OCH3 is 4. The summed E-state index contributed by atoms with van der Waals surface area (Å²) in [6.07, 6.45) is 0. The number of hydrogen-bond acceptors (Lipinski definition) is 10. The summed E-state index contributed by atoms with van der Waals surface area (Å²) in [6, 6.07) is 8.86. The minimum absolute atomic E-state index is 0.0240. The molecule has 0 atom stereocenters. The van der Waals surface area contributed by atoms with Crippen molar-refractivity contribution in [3.05, 3.63) is 92.0 Å². The Hall–Kier alpha value is -6.18. The minimum atomic E-state index is -0.788. The van der Waals surface area contributed by atoms with E-state index in [4.69, 9.17) is 28.4 Å². The minimum Gasteiger partial charge on any atom is -0.465 e. The molecule has 1 aliphatic heterocycles. The second-order valence-electron chi connectivity index (χ2n) is 8.85. The summed E-state index contributed by atoms with van der Waals surface area (Å²) in [5, 5.41) is 0. The highest BCUT2D eigenvalue weighted by molar-refractivity contribution is 6.05. The fraction of sp³-hybridized carbons (Fsp3) is 0.152. The van der Waals surface area contributed by atoms with Crippen molar-refractivity contribution in [2.24, 2.45) is 0 Å². The van der Waals surface area contributed by atoms with Gasteiger partial charge >= 0.3 is 23.9 Å². The van der Waals surface area contributed by atoms with Crippen LogP contribution in [0.4, 0.5) is 0 Å². The number of hydrogen-bond donors (Lipinski definition) is 0. The van der Waals surface area contributed by atoms with Gasteiger partial charge in [0.05, 0.1) is 50.7 Å². The van der Waals surface area contributed by atoms with Crippen molar-refractivity contribution in [2.45, 2.75) is 0 Å². The van der Waals surface area contributed by atoms with Crippen molar-refractivity contribution in [1.29, 1.82) is 0 Å². The van der Waals surface area contributed by atoms with Gasteiger partial charge in [-0.3, -0.25) is 0 Å². The smallest absolute Gasteiger partial charge is 0.338 e. The van der Waals surface area contributed by atoms with Crippen molar-refractivity contribution in [1.82, 2.24) is 0 Å². The number of benzene rings is 3. The molecule has 0 bridgehead atoms. The van der Waals surface area contributed by atoms with Crippen LogP contribution < -0.4 is 9.47 Å². The Kier molecular flexibility index (Phi) is 7.74. The Morgan fingerprint density at radius 3 is 0.930 bits per heavy atom. The van der Waals surface area contributed by atoms with Gasteiger partial charge in [-0.2, -0.15) is 0 Å². The molecule has 0 saturated carbocycles. The maximum absolute atomic E-state index is 12.6. The van der Waals surface area contributed by atoms with Crippen molar-refractivity contribution in [2.75, 3.05) is 35.2 Å². The molecule has 0 unspecified atom stereocenters. The van der Waals surface area contributed by atoms with E-state index in [1.165, 1.54) is 52.7 Å². The van der Waals surface area contributed by atoms with Crippen LogP contribution in [0.15, 0.2) is 36.4 Å². The first-order valence-electron chi connectivity index (χ1n) is 12.5. The largest absolute Gasteiger partial charge is 0.465 e. The van der Waals surface area contributed by atoms with Crippen LogP contribution in [-0.2, 0) is 18.9 Å². The Morgan fingerprint density at radius 2 is 0.698 bits per heavy atom. The Labute approximate surface area is 245 Å². The fourth-order valence-corrected chi connectivity index (χ4v) is 4.28. The Balaban J connectivity index is 1.87. The summed E-state index contributed by atoms with van der Waals surface area (Å²) >= 11 is 0. The number of esters is 4. The molecule has 1 heterocycles. The van der Waals surface area contributed by atoms with Gasteiger partial charge < -0.3 is 28.4 Å². The summed E-state index contributed by atoms with van der Waals surface area (Å²) in [5.74, 6) is 15.9. The number of carbonyl (C=O) groups excluding carboxylic acids is 4. The molecule has 0 saturated heterocycles. The van der Waals surface area contributed by atoms with Crippen LogP contribution in [0.2, 0.25) is 0 Å². The lowest BCUT2D eigenvalue weighted by molar-refractivity contribution is 0.0555. The molecule has 0 spiro atoms.